The minimum atomic E-state index is -0.645. The molecule has 33 heavy (non-hydrogen) atoms. The van der Waals surface area contributed by atoms with E-state index < -0.39 is 6.04 Å². The van der Waals surface area contributed by atoms with Crippen LogP contribution in [0.1, 0.15) is 29.5 Å². The molecule has 0 aromatic carbocycles. The summed E-state index contributed by atoms with van der Waals surface area (Å²) in [6, 6.07) is 3.06. The Morgan fingerprint density at radius 3 is 2.91 bits per heavy atom. The lowest BCUT2D eigenvalue weighted by molar-refractivity contribution is -0.123. The Hall–Kier alpha value is -3.49. The number of hydrogen-bond acceptors (Lipinski definition) is 8. The first-order valence-electron chi connectivity index (χ1n) is 10.2. The Labute approximate surface area is 198 Å². The van der Waals surface area contributed by atoms with Gasteiger partial charge in [-0.05, 0) is 43.4 Å². The maximum Gasteiger partial charge on any atom is 0.268 e. The molecule has 2 amide bonds. The summed E-state index contributed by atoms with van der Waals surface area (Å²) in [6.07, 6.45) is 3.80. The predicted octanol–water partition coefficient (Wildman–Crippen LogP) is 2.27. The van der Waals surface area contributed by atoms with Gasteiger partial charge in [0.25, 0.3) is 11.8 Å². The number of carbonyl (C=O) groups is 2. The number of imidazole rings is 1. The van der Waals surface area contributed by atoms with E-state index in [0.717, 1.165) is 31.7 Å². The van der Waals surface area contributed by atoms with Crippen LogP contribution in [0.5, 0.6) is 0 Å². The van der Waals surface area contributed by atoms with Crippen molar-refractivity contribution in [1.82, 2.24) is 19.9 Å². The lowest BCUT2D eigenvalue weighted by atomic mass is 10.2. The van der Waals surface area contributed by atoms with Gasteiger partial charge in [0.05, 0.1) is 11.1 Å². The molecule has 1 N–H and O–H groups in total. The van der Waals surface area contributed by atoms with Crippen LogP contribution in [-0.4, -0.2) is 56.7 Å². The molecule has 5 heterocycles. The normalized spacial score (nSPS) is 17.7. The number of thiophene rings is 1. The standard InChI is InChI=1S/C22H19N7O2S2/c1-12-9-15(27-26-12)20(30)25-16-11-32-19-13(2)17(33-22(19)28(3)21(16)31)7-6-14-10-23-18-5-4-8-24-29(14)18/h4-5,8,10,16H,9,11H2,1-3H3,(H,25,30)/t16-/m0/s1. The number of anilines is 1. The predicted molar refractivity (Wildman–Crippen MR) is 129 cm³/mol. The Morgan fingerprint density at radius 1 is 1.27 bits per heavy atom. The minimum Gasteiger partial charge on any atom is -0.338 e. The van der Waals surface area contributed by atoms with Crippen molar-refractivity contribution >= 4 is 57.0 Å². The molecule has 3 aromatic rings. The highest BCUT2D eigenvalue weighted by molar-refractivity contribution is 7.99. The maximum absolute atomic E-state index is 13.1. The van der Waals surface area contributed by atoms with E-state index in [1.54, 1.807) is 40.6 Å². The number of fused-ring (bicyclic) bond motifs is 2. The molecule has 0 saturated carbocycles. The molecule has 2 aliphatic rings. The summed E-state index contributed by atoms with van der Waals surface area (Å²) >= 11 is 3.02. The first-order chi connectivity index (χ1) is 15.9. The molecule has 0 radical (unpaired) electrons. The molecule has 0 aliphatic carbocycles. The smallest absolute Gasteiger partial charge is 0.268 e. The number of carbonyl (C=O) groups excluding carboxylic acids is 2. The molecule has 0 bridgehead atoms. The van der Waals surface area contributed by atoms with E-state index in [-0.39, 0.29) is 11.8 Å². The van der Waals surface area contributed by atoms with Crippen molar-refractivity contribution < 1.29 is 9.59 Å². The van der Waals surface area contributed by atoms with Crippen molar-refractivity contribution in [3.8, 4) is 11.8 Å². The second kappa shape index (κ2) is 8.46. The summed E-state index contributed by atoms with van der Waals surface area (Å²) in [7, 11) is 1.73. The number of rotatable bonds is 2. The van der Waals surface area contributed by atoms with Gasteiger partial charge in [0.1, 0.15) is 22.4 Å². The fraction of sp³-hybridized carbons (Fsp3) is 0.273. The van der Waals surface area contributed by atoms with E-state index in [9.17, 15) is 9.59 Å². The third-order valence-corrected chi connectivity index (χ3v) is 8.02. The maximum atomic E-state index is 13.1. The zero-order valence-electron chi connectivity index (χ0n) is 18.1. The number of likely N-dealkylation sites (N-methyl/N-ethyl adjacent to an activating group) is 1. The molecule has 0 fully saturated rings. The number of aromatic nitrogens is 3. The summed E-state index contributed by atoms with van der Waals surface area (Å²) in [5.74, 6) is 6.28. The molecule has 166 valence electrons. The summed E-state index contributed by atoms with van der Waals surface area (Å²) in [4.78, 5) is 33.4. The summed E-state index contributed by atoms with van der Waals surface area (Å²) in [5.41, 5.74) is 3.57. The molecule has 0 unspecified atom stereocenters. The van der Waals surface area contributed by atoms with Crippen LogP contribution >= 0.6 is 23.1 Å². The molecular formula is C22H19N7O2S2. The first kappa shape index (κ1) is 21.4. The van der Waals surface area contributed by atoms with Gasteiger partial charge in [-0.2, -0.15) is 10.2 Å². The molecule has 3 aromatic heterocycles. The largest absolute Gasteiger partial charge is 0.338 e. The lowest BCUT2D eigenvalue weighted by Crippen LogP contribution is -2.49. The van der Waals surface area contributed by atoms with Gasteiger partial charge in [-0.25, -0.2) is 9.50 Å². The van der Waals surface area contributed by atoms with Gasteiger partial charge in [0.15, 0.2) is 5.65 Å². The van der Waals surface area contributed by atoms with Crippen molar-refractivity contribution in [3.05, 3.63) is 40.7 Å². The van der Waals surface area contributed by atoms with E-state index in [2.05, 4.69) is 37.4 Å². The zero-order valence-corrected chi connectivity index (χ0v) is 19.8. The van der Waals surface area contributed by atoms with Crippen molar-refractivity contribution in [1.29, 1.82) is 0 Å². The van der Waals surface area contributed by atoms with E-state index in [0.29, 0.717) is 23.6 Å². The van der Waals surface area contributed by atoms with Crippen LogP contribution in [0.25, 0.3) is 5.65 Å². The van der Waals surface area contributed by atoms with Crippen LogP contribution in [0.3, 0.4) is 0 Å². The SMILES string of the molecule is CC1=NN=C(C(=O)N[C@H]2CSc3c(sc(C#Cc4cnc5cccnn45)c3C)N(C)C2=O)C1. The first-order valence-corrected chi connectivity index (χ1v) is 12.0. The molecule has 0 spiro atoms. The summed E-state index contributed by atoms with van der Waals surface area (Å²) in [6.45, 7) is 3.82. The molecule has 11 heteroatoms. The van der Waals surface area contributed by atoms with Gasteiger partial charge in [-0.3, -0.25) is 9.59 Å². The van der Waals surface area contributed by atoms with Crippen LogP contribution in [0.2, 0.25) is 0 Å². The van der Waals surface area contributed by atoms with Crippen LogP contribution in [-0.2, 0) is 9.59 Å². The average molecular weight is 478 g/mol. The van der Waals surface area contributed by atoms with Crippen LogP contribution in [0, 0.1) is 18.8 Å². The Morgan fingerprint density at radius 2 is 2.12 bits per heavy atom. The highest BCUT2D eigenvalue weighted by Crippen LogP contribution is 2.43. The van der Waals surface area contributed by atoms with Gasteiger partial charge in [0.2, 0.25) is 0 Å². The van der Waals surface area contributed by atoms with Crippen LogP contribution < -0.4 is 10.2 Å². The van der Waals surface area contributed by atoms with Gasteiger partial charge < -0.3 is 10.2 Å². The molecule has 9 nitrogen and oxygen atoms in total. The molecule has 2 aliphatic heterocycles. The van der Waals surface area contributed by atoms with Crippen molar-refractivity contribution in [2.24, 2.45) is 10.2 Å². The number of nitrogens with zero attached hydrogens (tertiary/aromatic N) is 6. The van der Waals surface area contributed by atoms with E-state index >= 15 is 0 Å². The third kappa shape index (κ3) is 3.92. The molecule has 5 rings (SSSR count). The summed E-state index contributed by atoms with van der Waals surface area (Å²) < 4.78 is 1.69. The highest BCUT2D eigenvalue weighted by Gasteiger charge is 2.33. The molecular weight excluding hydrogens is 458 g/mol. The van der Waals surface area contributed by atoms with Crippen LogP contribution in [0.4, 0.5) is 5.00 Å². The van der Waals surface area contributed by atoms with Gasteiger partial charge >= 0.3 is 0 Å². The fourth-order valence-corrected chi connectivity index (χ4v) is 6.06. The highest BCUT2D eigenvalue weighted by atomic mass is 32.2. The Kier molecular flexibility index (Phi) is 5.47. The fourth-order valence-electron chi connectivity index (χ4n) is 3.53. The molecule has 1 atom stereocenters. The number of nitrogens with one attached hydrogen (secondary N) is 1. The quantitative estimate of drug-likeness (QED) is 0.570. The zero-order chi connectivity index (χ0) is 23.1. The van der Waals surface area contributed by atoms with E-state index in [4.69, 9.17) is 0 Å². The lowest BCUT2D eigenvalue weighted by Gasteiger charge is -2.20. The number of thioether (sulfide) groups is 1. The van der Waals surface area contributed by atoms with E-state index in [1.165, 1.54) is 11.3 Å². The van der Waals surface area contributed by atoms with Crippen molar-refractivity contribution in [2.75, 3.05) is 17.7 Å². The summed E-state index contributed by atoms with van der Waals surface area (Å²) in [5, 5.41) is 15.8. The van der Waals surface area contributed by atoms with Crippen LogP contribution in [0.15, 0.2) is 39.6 Å². The van der Waals surface area contributed by atoms with E-state index in [1.807, 2.05) is 26.0 Å². The average Bonchev–Trinajstić information content (AvgIpc) is 3.50. The molecule has 0 saturated heterocycles. The monoisotopic (exact) mass is 477 g/mol. The topological polar surface area (TPSA) is 104 Å². The second-order valence-electron chi connectivity index (χ2n) is 7.67. The minimum absolute atomic E-state index is 0.169. The number of hydrogen-bond donors (Lipinski definition) is 1. The Balaban J connectivity index is 1.37. The van der Waals surface area contributed by atoms with Gasteiger partial charge in [-0.1, -0.05) is 0 Å². The van der Waals surface area contributed by atoms with Crippen molar-refractivity contribution in [2.45, 2.75) is 31.2 Å². The third-order valence-electron chi connectivity index (χ3n) is 5.32. The van der Waals surface area contributed by atoms with Gasteiger partial charge in [-0.15, -0.1) is 28.2 Å². The Bertz CT molecular complexity index is 1420. The van der Waals surface area contributed by atoms with Gasteiger partial charge in [0, 0.05) is 36.0 Å². The number of amides is 2. The second-order valence-corrected chi connectivity index (χ2v) is 9.70. The van der Waals surface area contributed by atoms with Crippen molar-refractivity contribution in [3.63, 3.8) is 0 Å².